The van der Waals surface area contributed by atoms with Crippen molar-refractivity contribution in [3.8, 4) is 0 Å². The quantitative estimate of drug-likeness (QED) is 0.585. The molecule has 0 unspecified atom stereocenters. The van der Waals surface area contributed by atoms with Crippen molar-refractivity contribution in [1.82, 2.24) is 0 Å². The average Bonchev–Trinajstić information content (AvgIpc) is 1.83. The Balaban J connectivity index is 4.55. The van der Waals surface area contributed by atoms with Gasteiger partial charge in [0.2, 0.25) is 0 Å². The first-order valence-electron chi connectivity index (χ1n) is 3.09. The van der Waals surface area contributed by atoms with E-state index in [-0.39, 0.29) is 12.2 Å². The Morgan fingerprint density at radius 2 is 1.75 bits per heavy atom. The fraction of sp³-hybridized carbons (Fsp3) is 0.286. The van der Waals surface area contributed by atoms with Crippen LogP contribution in [0.25, 0.3) is 0 Å². The second kappa shape index (κ2) is 4.27. The van der Waals surface area contributed by atoms with Gasteiger partial charge in [0.25, 0.3) is 0 Å². The second-order valence-electron chi connectivity index (χ2n) is 2.19. The summed E-state index contributed by atoms with van der Waals surface area (Å²) >= 11 is 0. The van der Waals surface area contributed by atoms with E-state index in [1.165, 1.54) is 6.92 Å². The van der Waals surface area contributed by atoms with Gasteiger partial charge in [-0.05, 0) is 6.92 Å². The Morgan fingerprint density at radius 3 is 2.00 bits per heavy atom. The summed E-state index contributed by atoms with van der Waals surface area (Å²) in [5, 5.41) is 16.6. The highest BCUT2D eigenvalue weighted by molar-refractivity contribution is 5.99. The lowest BCUT2D eigenvalue weighted by Gasteiger charge is -1.95. The molecule has 5 nitrogen and oxygen atoms in total. The number of rotatable bonds is 4. The number of carbonyl (C=O) groups excluding carboxylic acids is 1. The van der Waals surface area contributed by atoms with Crippen LogP contribution in [-0.4, -0.2) is 27.9 Å². The first-order chi connectivity index (χ1) is 5.43. The van der Waals surface area contributed by atoms with Gasteiger partial charge in [-0.15, -0.1) is 0 Å². The van der Waals surface area contributed by atoms with Crippen molar-refractivity contribution in [3.63, 3.8) is 0 Å². The maximum atomic E-state index is 10.4. The molecule has 0 saturated heterocycles. The lowest BCUT2D eigenvalue weighted by molar-refractivity contribution is -0.135. The standard InChI is InChI=1S/C7H8O5/c1-4(8)2-5(7(11)12)3-6(9)10/h3H,2H2,1H3,(H,9,10)(H,11,12)/b5-3+. The molecule has 0 saturated carbocycles. The topological polar surface area (TPSA) is 91.7 Å². The van der Waals surface area contributed by atoms with Gasteiger partial charge >= 0.3 is 11.9 Å². The van der Waals surface area contributed by atoms with Crippen molar-refractivity contribution in [3.05, 3.63) is 11.6 Å². The van der Waals surface area contributed by atoms with E-state index in [4.69, 9.17) is 10.2 Å². The Morgan fingerprint density at radius 1 is 1.25 bits per heavy atom. The molecule has 0 aliphatic rings. The van der Waals surface area contributed by atoms with E-state index < -0.39 is 17.5 Å². The summed E-state index contributed by atoms with van der Waals surface area (Å²) < 4.78 is 0. The van der Waals surface area contributed by atoms with Gasteiger partial charge in [-0.3, -0.25) is 4.79 Å². The molecule has 0 atom stereocenters. The highest BCUT2D eigenvalue weighted by Crippen LogP contribution is 2.01. The lowest BCUT2D eigenvalue weighted by atomic mass is 10.1. The fourth-order valence-electron chi connectivity index (χ4n) is 0.606. The molecule has 0 aromatic heterocycles. The Kier molecular flexibility index (Phi) is 3.69. The third-order valence-corrected chi connectivity index (χ3v) is 1.01. The molecule has 0 aromatic rings. The summed E-state index contributed by atoms with van der Waals surface area (Å²) in [4.78, 5) is 30.8. The van der Waals surface area contributed by atoms with E-state index in [0.29, 0.717) is 6.08 Å². The minimum atomic E-state index is -1.38. The Labute approximate surface area is 68.3 Å². The van der Waals surface area contributed by atoms with E-state index in [9.17, 15) is 14.4 Å². The van der Waals surface area contributed by atoms with Crippen LogP contribution in [0.3, 0.4) is 0 Å². The minimum Gasteiger partial charge on any atom is -0.478 e. The zero-order valence-electron chi connectivity index (χ0n) is 6.40. The number of hydrogen-bond acceptors (Lipinski definition) is 3. The molecule has 0 rings (SSSR count). The van der Waals surface area contributed by atoms with Crippen LogP contribution in [0.5, 0.6) is 0 Å². The van der Waals surface area contributed by atoms with Gasteiger partial charge in [-0.2, -0.15) is 0 Å². The third-order valence-electron chi connectivity index (χ3n) is 1.01. The fourth-order valence-corrected chi connectivity index (χ4v) is 0.606. The van der Waals surface area contributed by atoms with Crippen LogP contribution in [0.4, 0.5) is 0 Å². The van der Waals surface area contributed by atoms with Crippen molar-refractivity contribution >= 4 is 17.7 Å². The van der Waals surface area contributed by atoms with Gasteiger partial charge < -0.3 is 10.2 Å². The number of carboxylic acids is 2. The van der Waals surface area contributed by atoms with E-state index >= 15 is 0 Å². The predicted octanol–water partition coefficient (Wildman–Crippen LogP) is 0.0611. The summed E-state index contributed by atoms with van der Waals surface area (Å²) in [6.45, 7) is 1.19. The van der Waals surface area contributed by atoms with Crippen molar-refractivity contribution in [2.75, 3.05) is 0 Å². The highest BCUT2D eigenvalue weighted by Gasteiger charge is 2.11. The molecule has 0 spiro atoms. The SMILES string of the molecule is CC(=O)C/C(=C\C(=O)O)C(=O)O. The second-order valence-corrected chi connectivity index (χ2v) is 2.19. The van der Waals surface area contributed by atoms with Crippen LogP contribution in [0.2, 0.25) is 0 Å². The number of carbonyl (C=O) groups is 3. The summed E-state index contributed by atoms with van der Waals surface area (Å²) in [5.74, 6) is -3.13. The van der Waals surface area contributed by atoms with E-state index in [0.717, 1.165) is 0 Å². The summed E-state index contributed by atoms with van der Waals surface area (Å²) in [7, 11) is 0. The van der Waals surface area contributed by atoms with Crippen LogP contribution < -0.4 is 0 Å². The monoisotopic (exact) mass is 172 g/mol. The molecule has 0 amide bonds. The normalized spacial score (nSPS) is 10.9. The van der Waals surface area contributed by atoms with E-state index in [2.05, 4.69) is 0 Å². The van der Waals surface area contributed by atoms with Crippen molar-refractivity contribution < 1.29 is 24.6 Å². The van der Waals surface area contributed by atoms with Crippen LogP contribution in [0.1, 0.15) is 13.3 Å². The number of carboxylic acid groups (broad SMARTS) is 2. The van der Waals surface area contributed by atoms with Gasteiger partial charge in [0.1, 0.15) is 5.78 Å². The maximum absolute atomic E-state index is 10.4. The van der Waals surface area contributed by atoms with Crippen LogP contribution in [0.15, 0.2) is 11.6 Å². The third kappa shape index (κ3) is 4.21. The molecule has 0 heterocycles. The molecular formula is C7H8O5. The largest absolute Gasteiger partial charge is 0.478 e. The summed E-state index contributed by atoms with van der Waals surface area (Å²) in [6, 6.07) is 0. The molecule has 12 heavy (non-hydrogen) atoms. The van der Waals surface area contributed by atoms with E-state index in [1.807, 2.05) is 0 Å². The Bertz CT molecular complexity index is 251. The predicted molar refractivity (Wildman–Crippen MR) is 38.7 cm³/mol. The number of Topliss-reactive ketones (excluding diaryl/α,β-unsaturated/α-hetero) is 1. The molecule has 0 aliphatic heterocycles. The van der Waals surface area contributed by atoms with Crippen LogP contribution >= 0.6 is 0 Å². The van der Waals surface area contributed by atoms with Crippen molar-refractivity contribution in [2.24, 2.45) is 0 Å². The molecule has 0 aliphatic carbocycles. The molecule has 5 heteroatoms. The first-order valence-corrected chi connectivity index (χ1v) is 3.09. The minimum absolute atomic E-state index is 0.359. The molecular weight excluding hydrogens is 164 g/mol. The first kappa shape index (κ1) is 10.3. The average molecular weight is 172 g/mol. The van der Waals surface area contributed by atoms with Gasteiger partial charge in [0, 0.05) is 12.5 Å². The van der Waals surface area contributed by atoms with Crippen molar-refractivity contribution in [2.45, 2.75) is 13.3 Å². The Hall–Kier alpha value is -1.65. The van der Waals surface area contributed by atoms with Crippen LogP contribution in [-0.2, 0) is 14.4 Å². The summed E-state index contributed by atoms with van der Waals surface area (Å²) in [5.41, 5.74) is -0.407. The molecule has 0 aromatic carbocycles. The molecule has 0 radical (unpaired) electrons. The number of aliphatic carboxylic acids is 2. The van der Waals surface area contributed by atoms with Gasteiger partial charge in [0.15, 0.2) is 0 Å². The van der Waals surface area contributed by atoms with Gasteiger partial charge in [-0.1, -0.05) is 0 Å². The van der Waals surface area contributed by atoms with E-state index in [1.54, 1.807) is 0 Å². The smallest absolute Gasteiger partial charge is 0.332 e. The number of ketones is 1. The highest BCUT2D eigenvalue weighted by atomic mass is 16.4. The van der Waals surface area contributed by atoms with Gasteiger partial charge in [0.05, 0.1) is 5.57 Å². The summed E-state index contributed by atoms with van der Waals surface area (Å²) in [6.07, 6.45) is 0.158. The van der Waals surface area contributed by atoms with Gasteiger partial charge in [-0.25, -0.2) is 9.59 Å². The molecule has 2 N–H and O–H groups in total. The lowest BCUT2D eigenvalue weighted by Crippen LogP contribution is -2.07. The molecule has 66 valence electrons. The van der Waals surface area contributed by atoms with Crippen molar-refractivity contribution in [1.29, 1.82) is 0 Å². The van der Waals surface area contributed by atoms with Crippen LogP contribution in [0, 0.1) is 0 Å². The zero-order chi connectivity index (χ0) is 9.72. The number of hydrogen-bond donors (Lipinski definition) is 2. The maximum Gasteiger partial charge on any atom is 0.332 e. The zero-order valence-corrected chi connectivity index (χ0v) is 6.40. The molecule has 0 bridgehead atoms. The molecule has 0 fully saturated rings.